The SMILES string of the molecule is CC(C)C[C@H](NC(=O)[C@@H](CCCCN)NC(=O)[C@@H]1CCCN1C(=O)[C@@H](CC(=O)O)NC(=O)[C@@H](Cc1ccc(O)cc1)NC(=O)[C@H](CCC(=O)O)NC(=O)[C@@H](N)CC(C)C)C(=O)N[C@@H](CCCCN)C(N)=O. The van der Waals surface area contributed by atoms with E-state index in [9.17, 15) is 63.3 Å². The van der Waals surface area contributed by atoms with Crippen molar-refractivity contribution in [3.05, 3.63) is 29.8 Å². The number of nitrogens with one attached hydrogen (secondary N) is 6. The van der Waals surface area contributed by atoms with E-state index in [1.165, 1.54) is 24.3 Å². The number of benzene rings is 1. The number of aromatic hydroxyl groups is 1. The van der Waals surface area contributed by atoms with Gasteiger partial charge in [0.05, 0.1) is 12.5 Å². The third kappa shape index (κ3) is 22.1. The van der Waals surface area contributed by atoms with Gasteiger partial charge in [-0.15, -0.1) is 0 Å². The molecule has 8 atom stereocenters. The van der Waals surface area contributed by atoms with Crippen LogP contribution in [0.3, 0.4) is 0 Å². The number of hydrogen-bond donors (Lipinski definition) is 13. The molecule has 1 saturated heterocycles. The van der Waals surface area contributed by atoms with Crippen LogP contribution in [0.1, 0.15) is 117 Å². The molecule has 1 aliphatic heterocycles. The molecule has 1 fully saturated rings. The van der Waals surface area contributed by atoms with Gasteiger partial charge in [0.1, 0.15) is 48.0 Å². The molecule has 2 rings (SSSR count). The van der Waals surface area contributed by atoms with E-state index in [-0.39, 0.29) is 75.6 Å². The molecule has 71 heavy (non-hydrogen) atoms. The molecule has 1 aromatic carbocycles. The van der Waals surface area contributed by atoms with E-state index in [0.29, 0.717) is 37.8 Å². The van der Waals surface area contributed by atoms with E-state index in [1.807, 2.05) is 27.7 Å². The van der Waals surface area contributed by atoms with Gasteiger partial charge in [-0.1, -0.05) is 39.8 Å². The first-order valence-corrected chi connectivity index (χ1v) is 24.3. The standard InChI is InChI=1S/C47H77N11O13/c1-26(2)22-30(50)41(65)53-33(17-18-38(60)61)43(67)56-35(24-28-13-15-29(59)16-14-28)45(69)57-36(25-39(62)63)47(71)58-21-9-12-37(58)46(70)54-32(11-6-8-20-49)42(66)55-34(23-27(3)4)44(68)52-31(40(51)64)10-5-7-19-48/h13-16,26-27,30-37,59H,5-12,17-25,48-50H2,1-4H3,(H2,51,64)(H,52,68)(H,53,65)(H,54,70)(H,55,66)(H,56,67)(H,57,69)(H,60,61)(H,62,63)/t30-,31-,32+,33-,34-,35+,36+,37-/m0/s1. The predicted molar refractivity (Wildman–Crippen MR) is 259 cm³/mol. The molecule has 398 valence electrons. The lowest BCUT2D eigenvalue weighted by Gasteiger charge is -2.31. The minimum absolute atomic E-state index is 0.00113. The predicted octanol–water partition coefficient (Wildman–Crippen LogP) is -1.66. The molecule has 0 spiro atoms. The molecule has 24 heteroatoms. The second kappa shape index (κ2) is 31.0. The van der Waals surface area contributed by atoms with Crippen LogP contribution in [0.4, 0.5) is 0 Å². The Kier molecular flexibility index (Phi) is 26.6. The highest BCUT2D eigenvalue weighted by atomic mass is 16.4. The second-order valence-corrected chi connectivity index (χ2v) is 18.8. The molecule has 8 amide bonds. The number of carbonyl (C=O) groups excluding carboxylic acids is 8. The first kappa shape index (κ1) is 60.7. The van der Waals surface area contributed by atoms with Crippen molar-refractivity contribution in [2.75, 3.05) is 19.6 Å². The summed E-state index contributed by atoms with van der Waals surface area (Å²) in [6, 6.07) is -5.04. The minimum atomic E-state index is -1.80. The number of nitrogens with two attached hydrogens (primary N) is 4. The number of carboxylic acid groups (broad SMARTS) is 2. The van der Waals surface area contributed by atoms with Crippen LogP contribution >= 0.6 is 0 Å². The Morgan fingerprint density at radius 3 is 1.65 bits per heavy atom. The van der Waals surface area contributed by atoms with Gasteiger partial charge in [-0.25, -0.2) is 0 Å². The molecule has 1 heterocycles. The largest absolute Gasteiger partial charge is 0.508 e. The van der Waals surface area contributed by atoms with Gasteiger partial charge in [0.25, 0.3) is 0 Å². The van der Waals surface area contributed by atoms with Crippen LogP contribution < -0.4 is 54.8 Å². The number of aliphatic carboxylic acids is 2. The van der Waals surface area contributed by atoms with Crippen molar-refractivity contribution >= 4 is 59.2 Å². The van der Waals surface area contributed by atoms with Crippen LogP contribution in [0.15, 0.2) is 24.3 Å². The number of nitrogens with zero attached hydrogens (tertiary/aromatic N) is 1. The van der Waals surface area contributed by atoms with Crippen LogP contribution in [-0.2, 0) is 54.4 Å². The molecular formula is C47H77N11O13. The molecule has 1 aromatic rings. The zero-order valence-corrected chi connectivity index (χ0v) is 41.3. The van der Waals surface area contributed by atoms with E-state index < -0.39 is 127 Å². The molecule has 0 bridgehead atoms. The second-order valence-electron chi connectivity index (χ2n) is 18.8. The molecule has 0 saturated carbocycles. The maximum Gasteiger partial charge on any atom is 0.305 e. The lowest BCUT2D eigenvalue weighted by Crippen LogP contribution is -2.60. The lowest BCUT2D eigenvalue weighted by molar-refractivity contribution is -0.146. The number of phenolic OH excluding ortho intramolecular Hbond substituents is 1. The van der Waals surface area contributed by atoms with Gasteiger partial charge >= 0.3 is 11.9 Å². The van der Waals surface area contributed by atoms with Crippen molar-refractivity contribution in [2.45, 2.75) is 166 Å². The first-order valence-electron chi connectivity index (χ1n) is 24.3. The number of carboxylic acids is 2. The molecule has 0 aliphatic carbocycles. The van der Waals surface area contributed by atoms with Crippen molar-refractivity contribution in [1.29, 1.82) is 0 Å². The Hall–Kier alpha value is -6.40. The molecule has 1 aliphatic rings. The van der Waals surface area contributed by atoms with Crippen LogP contribution in [0.5, 0.6) is 5.75 Å². The van der Waals surface area contributed by atoms with Gasteiger partial charge < -0.3 is 75.1 Å². The summed E-state index contributed by atoms with van der Waals surface area (Å²) in [5.41, 5.74) is 23.3. The number of unbranched alkanes of at least 4 members (excludes halogenated alkanes) is 2. The van der Waals surface area contributed by atoms with Gasteiger partial charge in [-0.3, -0.25) is 47.9 Å². The van der Waals surface area contributed by atoms with Crippen molar-refractivity contribution in [3.8, 4) is 5.75 Å². The van der Waals surface area contributed by atoms with Crippen molar-refractivity contribution in [2.24, 2.45) is 34.8 Å². The van der Waals surface area contributed by atoms with Crippen LogP contribution in [0, 0.1) is 11.8 Å². The Bertz CT molecular complexity index is 1970. The van der Waals surface area contributed by atoms with E-state index >= 15 is 0 Å². The fourth-order valence-electron chi connectivity index (χ4n) is 7.99. The maximum absolute atomic E-state index is 14.3. The normalized spacial score (nSPS) is 16.4. The third-order valence-electron chi connectivity index (χ3n) is 11.7. The number of carbonyl (C=O) groups is 10. The van der Waals surface area contributed by atoms with Gasteiger partial charge in [0.2, 0.25) is 47.3 Å². The molecule has 0 radical (unpaired) electrons. The van der Waals surface area contributed by atoms with Gasteiger partial charge in [-0.2, -0.15) is 0 Å². The number of phenols is 1. The number of rotatable bonds is 33. The van der Waals surface area contributed by atoms with Crippen molar-refractivity contribution in [3.63, 3.8) is 0 Å². The molecule has 0 aromatic heterocycles. The van der Waals surface area contributed by atoms with E-state index in [0.717, 1.165) is 4.90 Å². The van der Waals surface area contributed by atoms with E-state index in [1.54, 1.807) is 0 Å². The number of likely N-dealkylation sites (tertiary alicyclic amines) is 1. The minimum Gasteiger partial charge on any atom is -0.508 e. The summed E-state index contributed by atoms with van der Waals surface area (Å²) in [5.74, 6) is -9.69. The number of hydrogen-bond acceptors (Lipinski definition) is 14. The monoisotopic (exact) mass is 1000 g/mol. The highest BCUT2D eigenvalue weighted by Crippen LogP contribution is 2.21. The van der Waals surface area contributed by atoms with Gasteiger partial charge in [-0.05, 0) is 113 Å². The van der Waals surface area contributed by atoms with Crippen molar-refractivity contribution < 1.29 is 63.3 Å². The summed E-state index contributed by atoms with van der Waals surface area (Å²) in [6.07, 6.45) is 0.806. The highest BCUT2D eigenvalue weighted by Gasteiger charge is 2.41. The zero-order chi connectivity index (χ0) is 53.4. The average Bonchev–Trinajstić information content (AvgIpc) is 3.79. The molecule has 24 nitrogen and oxygen atoms in total. The van der Waals surface area contributed by atoms with Crippen LogP contribution in [-0.4, -0.2) is 147 Å². The van der Waals surface area contributed by atoms with Gasteiger partial charge in [0, 0.05) is 19.4 Å². The maximum atomic E-state index is 14.3. The Morgan fingerprint density at radius 1 is 0.620 bits per heavy atom. The average molecular weight is 1000 g/mol. The Labute approximate surface area is 414 Å². The van der Waals surface area contributed by atoms with Gasteiger partial charge in [0.15, 0.2) is 0 Å². The van der Waals surface area contributed by atoms with E-state index in [2.05, 4.69) is 31.9 Å². The summed E-state index contributed by atoms with van der Waals surface area (Å²) in [5, 5.41) is 44.6. The van der Waals surface area contributed by atoms with Crippen LogP contribution in [0.2, 0.25) is 0 Å². The molecule has 17 N–H and O–H groups in total. The van der Waals surface area contributed by atoms with Crippen LogP contribution in [0.25, 0.3) is 0 Å². The summed E-state index contributed by atoms with van der Waals surface area (Å²) in [6.45, 7) is 7.90. The summed E-state index contributed by atoms with van der Waals surface area (Å²) in [7, 11) is 0. The first-order chi connectivity index (χ1) is 33.5. The summed E-state index contributed by atoms with van der Waals surface area (Å²) >= 11 is 0. The molecular weight excluding hydrogens is 927 g/mol. The fraction of sp³-hybridized carbons (Fsp3) is 0.660. The number of amides is 8. The highest BCUT2D eigenvalue weighted by molar-refractivity contribution is 5.99. The summed E-state index contributed by atoms with van der Waals surface area (Å²) in [4.78, 5) is 134. The fourth-order valence-corrected chi connectivity index (χ4v) is 7.99. The van der Waals surface area contributed by atoms with Crippen molar-refractivity contribution in [1.82, 2.24) is 36.8 Å². The lowest BCUT2D eigenvalue weighted by atomic mass is 10.0. The topological polar surface area (TPSA) is 411 Å². The Morgan fingerprint density at radius 2 is 1.11 bits per heavy atom. The molecule has 0 unspecified atom stereocenters. The zero-order valence-electron chi connectivity index (χ0n) is 41.3. The third-order valence-corrected chi connectivity index (χ3v) is 11.7. The Balaban J connectivity index is 2.43. The van der Waals surface area contributed by atoms with E-state index in [4.69, 9.17) is 22.9 Å². The summed E-state index contributed by atoms with van der Waals surface area (Å²) < 4.78 is 0. The smallest absolute Gasteiger partial charge is 0.305 e. The quantitative estimate of drug-likeness (QED) is 0.0350. The number of primary amides is 1.